The van der Waals surface area contributed by atoms with Gasteiger partial charge in [-0.1, -0.05) is 36.4 Å². The highest BCUT2D eigenvalue weighted by Crippen LogP contribution is 2.32. The molecule has 1 amide bonds. The van der Waals surface area contributed by atoms with Crippen LogP contribution in [0.3, 0.4) is 0 Å². The lowest BCUT2D eigenvalue weighted by molar-refractivity contribution is 0.0780. The Hall–Kier alpha value is -2.20. The first-order chi connectivity index (χ1) is 10.3. The van der Waals surface area contributed by atoms with Gasteiger partial charge in [-0.25, -0.2) is 0 Å². The second kappa shape index (κ2) is 6.06. The van der Waals surface area contributed by atoms with Crippen LogP contribution in [0.4, 0.5) is 0 Å². The third-order valence-electron chi connectivity index (χ3n) is 4.14. The van der Waals surface area contributed by atoms with Crippen LogP contribution in [-0.2, 0) is 0 Å². The fraction of sp³-hybridized carbons (Fsp3) is 0.294. The van der Waals surface area contributed by atoms with E-state index in [1.54, 1.807) is 12.3 Å². The van der Waals surface area contributed by atoms with Gasteiger partial charge in [-0.05, 0) is 30.2 Å². The van der Waals surface area contributed by atoms with E-state index < -0.39 is 0 Å². The molecule has 0 radical (unpaired) electrons. The first-order valence-corrected chi connectivity index (χ1v) is 7.25. The van der Waals surface area contributed by atoms with Crippen molar-refractivity contribution in [3.63, 3.8) is 0 Å². The number of hydrogen-bond acceptors (Lipinski definition) is 3. The summed E-state index contributed by atoms with van der Waals surface area (Å²) in [7, 11) is 0. The zero-order valence-electron chi connectivity index (χ0n) is 11.9. The molecule has 0 unspecified atom stereocenters. The maximum atomic E-state index is 12.5. The summed E-state index contributed by atoms with van der Waals surface area (Å²) >= 11 is 0. The van der Waals surface area contributed by atoms with Crippen molar-refractivity contribution < 1.29 is 4.79 Å². The van der Waals surface area contributed by atoms with E-state index in [1.165, 1.54) is 5.56 Å². The maximum absolute atomic E-state index is 12.5. The lowest BCUT2D eigenvalue weighted by atomic mass is 9.89. The Labute approximate surface area is 124 Å². The van der Waals surface area contributed by atoms with E-state index in [0.717, 1.165) is 0 Å². The quantitative estimate of drug-likeness (QED) is 0.934. The Morgan fingerprint density at radius 2 is 1.90 bits per heavy atom. The molecule has 1 fully saturated rings. The van der Waals surface area contributed by atoms with Crippen molar-refractivity contribution in [3.05, 3.63) is 66.0 Å². The SMILES string of the molecule is NC[C@@H]1CN(C(=O)c2ccccn2)C[C@H]1c1ccccc1. The number of pyridine rings is 1. The Bertz CT molecular complexity index is 600. The number of nitrogens with zero attached hydrogens (tertiary/aromatic N) is 2. The standard InChI is InChI=1S/C17H19N3O/c18-10-14-11-20(17(21)16-8-4-5-9-19-16)12-15(14)13-6-2-1-3-7-13/h1-9,14-15H,10-12,18H2/t14-,15+/m1/s1. The highest BCUT2D eigenvalue weighted by atomic mass is 16.2. The smallest absolute Gasteiger partial charge is 0.272 e. The molecule has 1 aliphatic rings. The van der Waals surface area contributed by atoms with Crippen LogP contribution in [0.1, 0.15) is 22.0 Å². The summed E-state index contributed by atoms with van der Waals surface area (Å²) in [5, 5.41) is 0. The van der Waals surface area contributed by atoms with Crippen molar-refractivity contribution in [3.8, 4) is 0 Å². The number of nitrogens with two attached hydrogens (primary N) is 1. The second-order valence-corrected chi connectivity index (χ2v) is 5.44. The molecule has 21 heavy (non-hydrogen) atoms. The fourth-order valence-electron chi connectivity index (χ4n) is 3.01. The van der Waals surface area contributed by atoms with Gasteiger partial charge in [0.25, 0.3) is 5.91 Å². The Kier molecular flexibility index (Phi) is 3.97. The van der Waals surface area contributed by atoms with Crippen LogP contribution in [0.15, 0.2) is 54.7 Å². The Morgan fingerprint density at radius 3 is 2.57 bits per heavy atom. The van der Waals surface area contributed by atoms with Gasteiger partial charge in [0.2, 0.25) is 0 Å². The summed E-state index contributed by atoms with van der Waals surface area (Å²) in [6.45, 7) is 2.00. The van der Waals surface area contributed by atoms with Crippen LogP contribution in [0.2, 0.25) is 0 Å². The van der Waals surface area contributed by atoms with Gasteiger partial charge >= 0.3 is 0 Å². The topological polar surface area (TPSA) is 59.2 Å². The Morgan fingerprint density at radius 1 is 1.14 bits per heavy atom. The molecule has 2 heterocycles. The summed E-state index contributed by atoms with van der Waals surface area (Å²) in [5.41, 5.74) is 7.66. The molecule has 4 nitrogen and oxygen atoms in total. The number of amides is 1. The molecule has 0 saturated carbocycles. The number of benzene rings is 1. The van der Waals surface area contributed by atoms with E-state index in [1.807, 2.05) is 35.2 Å². The number of carbonyl (C=O) groups is 1. The van der Waals surface area contributed by atoms with Crippen molar-refractivity contribution in [1.29, 1.82) is 0 Å². The van der Waals surface area contributed by atoms with Crippen LogP contribution in [0.5, 0.6) is 0 Å². The molecule has 0 bridgehead atoms. The second-order valence-electron chi connectivity index (χ2n) is 5.44. The minimum Gasteiger partial charge on any atom is -0.336 e. The molecule has 108 valence electrons. The summed E-state index contributed by atoms with van der Waals surface area (Å²) in [5.74, 6) is 0.608. The molecule has 1 aromatic carbocycles. The van der Waals surface area contributed by atoms with Crippen molar-refractivity contribution in [2.45, 2.75) is 5.92 Å². The summed E-state index contributed by atoms with van der Waals surface area (Å²) in [6.07, 6.45) is 1.65. The highest BCUT2D eigenvalue weighted by Gasteiger charge is 2.35. The molecule has 2 atom stereocenters. The summed E-state index contributed by atoms with van der Waals surface area (Å²) in [6, 6.07) is 15.7. The lowest BCUT2D eigenvalue weighted by Gasteiger charge is -2.16. The number of aromatic nitrogens is 1. The molecule has 2 N–H and O–H groups in total. The predicted molar refractivity (Wildman–Crippen MR) is 81.9 cm³/mol. The molecule has 0 spiro atoms. The molecular formula is C17H19N3O. The summed E-state index contributed by atoms with van der Waals surface area (Å²) < 4.78 is 0. The summed E-state index contributed by atoms with van der Waals surface area (Å²) in [4.78, 5) is 18.5. The molecule has 1 aromatic heterocycles. The predicted octanol–water partition coefficient (Wildman–Crippen LogP) is 1.90. The van der Waals surface area contributed by atoms with Gasteiger partial charge in [-0.15, -0.1) is 0 Å². The van der Waals surface area contributed by atoms with Crippen molar-refractivity contribution in [2.75, 3.05) is 19.6 Å². The zero-order chi connectivity index (χ0) is 14.7. The molecule has 0 aliphatic carbocycles. The van der Waals surface area contributed by atoms with E-state index >= 15 is 0 Å². The van der Waals surface area contributed by atoms with Gasteiger partial charge in [0.1, 0.15) is 5.69 Å². The normalized spacial score (nSPS) is 21.5. The molecule has 3 rings (SSSR count). The monoisotopic (exact) mass is 281 g/mol. The average molecular weight is 281 g/mol. The van der Waals surface area contributed by atoms with Gasteiger partial charge < -0.3 is 10.6 Å². The molecule has 4 heteroatoms. The van der Waals surface area contributed by atoms with Crippen LogP contribution >= 0.6 is 0 Å². The number of rotatable bonds is 3. The van der Waals surface area contributed by atoms with Gasteiger partial charge in [0.15, 0.2) is 0 Å². The maximum Gasteiger partial charge on any atom is 0.272 e. The molecule has 2 aromatic rings. The lowest BCUT2D eigenvalue weighted by Crippen LogP contribution is -2.30. The average Bonchev–Trinajstić information content (AvgIpc) is 3.00. The van der Waals surface area contributed by atoms with E-state index in [2.05, 4.69) is 17.1 Å². The Balaban J connectivity index is 1.80. The van der Waals surface area contributed by atoms with Crippen LogP contribution in [0, 0.1) is 5.92 Å². The van der Waals surface area contributed by atoms with Crippen molar-refractivity contribution in [2.24, 2.45) is 11.7 Å². The van der Waals surface area contributed by atoms with Crippen LogP contribution < -0.4 is 5.73 Å². The first-order valence-electron chi connectivity index (χ1n) is 7.25. The van der Waals surface area contributed by atoms with E-state index in [4.69, 9.17) is 5.73 Å². The third kappa shape index (κ3) is 2.81. The molecule has 1 saturated heterocycles. The third-order valence-corrected chi connectivity index (χ3v) is 4.14. The van der Waals surface area contributed by atoms with Crippen molar-refractivity contribution >= 4 is 5.91 Å². The van der Waals surface area contributed by atoms with E-state index in [0.29, 0.717) is 37.2 Å². The number of carbonyl (C=O) groups excluding carboxylic acids is 1. The highest BCUT2D eigenvalue weighted by molar-refractivity contribution is 5.92. The van der Waals surface area contributed by atoms with Crippen LogP contribution in [-0.4, -0.2) is 35.4 Å². The van der Waals surface area contributed by atoms with Crippen molar-refractivity contribution in [1.82, 2.24) is 9.88 Å². The van der Waals surface area contributed by atoms with Gasteiger partial charge in [0.05, 0.1) is 0 Å². The number of likely N-dealkylation sites (tertiary alicyclic amines) is 1. The van der Waals surface area contributed by atoms with Gasteiger partial charge in [-0.2, -0.15) is 0 Å². The largest absolute Gasteiger partial charge is 0.336 e. The minimum absolute atomic E-state index is 0.00696. The van der Waals surface area contributed by atoms with Gasteiger partial charge in [0, 0.05) is 25.2 Å². The van der Waals surface area contributed by atoms with E-state index in [-0.39, 0.29) is 5.91 Å². The minimum atomic E-state index is -0.00696. The molecule has 1 aliphatic heterocycles. The first kappa shape index (κ1) is 13.8. The molecular weight excluding hydrogens is 262 g/mol. The van der Waals surface area contributed by atoms with E-state index in [9.17, 15) is 4.79 Å². The van der Waals surface area contributed by atoms with Crippen LogP contribution in [0.25, 0.3) is 0 Å². The zero-order valence-corrected chi connectivity index (χ0v) is 11.9. The number of hydrogen-bond donors (Lipinski definition) is 1. The fourth-order valence-corrected chi connectivity index (χ4v) is 3.01. The van der Waals surface area contributed by atoms with Gasteiger partial charge in [-0.3, -0.25) is 9.78 Å².